The molecule has 0 radical (unpaired) electrons. The van der Waals surface area contributed by atoms with Crippen molar-refractivity contribution in [2.75, 3.05) is 5.73 Å². The van der Waals surface area contributed by atoms with Crippen LogP contribution < -0.4 is 5.73 Å². The highest BCUT2D eigenvalue weighted by Crippen LogP contribution is 2.31. The van der Waals surface area contributed by atoms with E-state index in [-0.39, 0.29) is 0 Å². The standard InChI is InChI=1S/C13H10N2O/c14-11-7-10-3-6-16-13(10)12(8-11)9-1-4-15-5-2-9/h1-8H,14H2. The molecule has 0 saturated carbocycles. The van der Waals surface area contributed by atoms with Gasteiger partial charge in [-0.25, -0.2) is 0 Å². The van der Waals surface area contributed by atoms with Crippen molar-refractivity contribution < 1.29 is 4.42 Å². The maximum Gasteiger partial charge on any atom is 0.141 e. The maximum absolute atomic E-state index is 5.86. The molecule has 0 spiro atoms. The number of furan rings is 1. The average molecular weight is 210 g/mol. The summed E-state index contributed by atoms with van der Waals surface area (Å²) >= 11 is 0. The molecule has 0 atom stereocenters. The number of nitrogen functional groups attached to an aromatic ring is 1. The Bertz CT molecular complexity index is 629. The Hall–Kier alpha value is -2.29. The van der Waals surface area contributed by atoms with Gasteiger partial charge in [-0.05, 0) is 35.9 Å². The van der Waals surface area contributed by atoms with E-state index < -0.39 is 0 Å². The quantitative estimate of drug-likeness (QED) is 0.628. The summed E-state index contributed by atoms with van der Waals surface area (Å²) in [5.41, 5.74) is 9.52. The van der Waals surface area contributed by atoms with Crippen molar-refractivity contribution >= 4 is 16.7 Å². The molecule has 0 amide bonds. The number of hydrogen-bond donors (Lipinski definition) is 1. The molecule has 2 N–H and O–H groups in total. The first-order valence-corrected chi connectivity index (χ1v) is 5.02. The molecule has 0 aliphatic heterocycles. The van der Waals surface area contributed by atoms with Crippen LogP contribution in [-0.2, 0) is 0 Å². The van der Waals surface area contributed by atoms with E-state index in [4.69, 9.17) is 10.2 Å². The molecular formula is C13H10N2O. The molecule has 2 heterocycles. The second-order valence-corrected chi connectivity index (χ2v) is 3.64. The normalized spacial score (nSPS) is 10.8. The zero-order valence-corrected chi connectivity index (χ0v) is 8.55. The van der Waals surface area contributed by atoms with Gasteiger partial charge >= 0.3 is 0 Å². The van der Waals surface area contributed by atoms with Gasteiger partial charge in [-0.15, -0.1) is 0 Å². The van der Waals surface area contributed by atoms with Crippen molar-refractivity contribution in [1.29, 1.82) is 0 Å². The largest absolute Gasteiger partial charge is 0.464 e. The number of rotatable bonds is 1. The Kier molecular flexibility index (Phi) is 1.90. The molecule has 78 valence electrons. The van der Waals surface area contributed by atoms with Crippen molar-refractivity contribution in [3.8, 4) is 11.1 Å². The Labute approximate surface area is 92.5 Å². The van der Waals surface area contributed by atoms with Crippen molar-refractivity contribution in [3.05, 3.63) is 49.0 Å². The summed E-state index contributed by atoms with van der Waals surface area (Å²) in [6.07, 6.45) is 5.19. The zero-order chi connectivity index (χ0) is 11.0. The highest BCUT2D eigenvalue weighted by Gasteiger charge is 2.07. The van der Waals surface area contributed by atoms with Crippen LogP contribution in [0.2, 0.25) is 0 Å². The average Bonchev–Trinajstić information content (AvgIpc) is 2.77. The minimum Gasteiger partial charge on any atom is -0.464 e. The summed E-state index contributed by atoms with van der Waals surface area (Å²) < 4.78 is 5.48. The van der Waals surface area contributed by atoms with Crippen LogP contribution in [0.5, 0.6) is 0 Å². The van der Waals surface area contributed by atoms with Crippen LogP contribution in [0.3, 0.4) is 0 Å². The van der Waals surface area contributed by atoms with Gasteiger partial charge < -0.3 is 10.2 Å². The smallest absolute Gasteiger partial charge is 0.141 e. The summed E-state index contributed by atoms with van der Waals surface area (Å²) in [4.78, 5) is 4.00. The topological polar surface area (TPSA) is 52.0 Å². The van der Waals surface area contributed by atoms with E-state index in [1.807, 2.05) is 30.3 Å². The van der Waals surface area contributed by atoms with E-state index in [1.165, 1.54) is 0 Å². The summed E-state index contributed by atoms with van der Waals surface area (Å²) in [6, 6.07) is 9.62. The predicted molar refractivity (Wildman–Crippen MR) is 63.9 cm³/mol. The first-order chi connectivity index (χ1) is 7.84. The van der Waals surface area contributed by atoms with Crippen LogP contribution in [0.15, 0.2) is 53.4 Å². The number of nitrogens with zero attached hydrogens (tertiary/aromatic N) is 1. The molecule has 3 rings (SSSR count). The van der Waals surface area contributed by atoms with Crippen LogP contribution in [0.1, 0.15) is 0 Å². The van der Waals surface area contributed by atoms with Crippen molar-refractivity contribution in [1.82, 2.24) is 4.98 Å². The summed E-state index contributed by atoms with van der Waals surface area (Å²) in [5, 5.41) is 1.02. The fourth-order valence-corrected chi connectivity index (χ4v) is 1.85. The Morgan fingerprint density at radius 3 is 2.69 bits per heavy atom. The molecule has 0 saturated heterocycles. The third-order valence-corrected chi connectivity index (χ3v) is 2.56. The third kappa shape index (κ3) is 1.34. The van der Waals surface area contributed by atoms with Crippen LogP contribution in [0.25, 0.3) is 22.1 Å². The number of fused-ring (bicyclic) bond motifs is 1. The van der Waals surface area contributed by atoms with Gasteiger partial charge in [-0.1, -0.05) is 0 Å². The molecule has 0 fully saturated rings. The number of hydrogen-bond acceptors (Lipinski definition) is 3. The van der Waals surface area contributed by atoms with Crippen LogP contribution in [0, 0.1) is 0 Å². The van der Waals surface area contributed by atoms with Gasteiger partial charge in [0.05, 0.1) is 6.26 Å². The minimum absolute atomic E-state index is 0.737. The zero-order valence-electron chi connectivity index (χ0n) is 8.55. The fraction of sp³-hybridized carbons (Fsp3) is 0. The van der Waals surface area contributed by atoms with Gasteiger partial charge in [0, 0.05) is 29.0 Å². The van der Waals surface area contributed by atoms with E-state index in [2.05, 4.69) is 4.98 Å². The molecule has 16 heavy (non-hydrogen) atoms. The van der Waals surface area contributed by atoms with Crippen LogP contribution >= 0.6 is 0 Å². The lowest BCUT2D eigenvalue weighted by molar-refractivity contribution is 0.617. The van der Waals surface area contributed by atoms with Gasteiger partial charge in [0.25, 0.3) is 0 Å². The van der Waals surface area contributed by atoms with Crippen LogP contribution in [0.4, 0.5) is 5.69 Å². The highest BCUT2D eigenvalue weighted by atomic mass is 16.3. The van der Waals surface area contributed by atoms with Gasteiger partial charge in [0.1, 0.15) is 5.58 Å². The summed E-state index contributed by atoms with van der Waals surface area (Å²) in [6.45, 7) is 0. The molecule has 1 aromatic carbocycles. The predicted octanol–water partition coefficient (Wildman–Crippen LogP) is 3.08. The van der Waals surface area contributed by atoms with E-state index in [0.29, 0.717) is 0 Å². The molecule has 0 unspecified atom stereocenters. The van der Waals surface area contributed by atoms with E-state index in [1.54, 1.807) is 18.7 Å². The molecular weight excluding hydrogens is 200 g/mol. The molecule has 3 heteroatoms. The number of anilines is 1. The van der Waals surface area contributed by atoms with Crippen molar-refractivity contribution in [2.24, 2.45) is 0 Å². The maximum atomic E-state index is 5.86. The molecule has 0 bridgehead atoms. The monoisotopic (exact) mass is 210 g/mol. The second kappa shape index (κ2) is 3.38. The second-order valence-electron chi connectivity index (χ2n) is 3.64. The number of aromatic nitrogens is 1. The summed E-state index contributed by atoms with van der Waals surface area (Å²) in [5.74, 6) is 0. The highest BCUT2D eigenvalue weighted by molar-refractivity contribution is 5.95. The van der Waals surface area contributed by atoms with E-state index in [0.717, 1.165) is 27.8 Å². The number of benzene rings is 1. The Balaban J connectivity index is 2.34. The molecule has 0 aliphatic rings. The molecule has 3 aromatic rings. The number of pyridine rings is 1. The Morgan fingerprint density at radius 2 is 1.88 bits per heavy atom. The van der Waals surface area contributed by atoms with Crippen LogP contribution in [-0.4, -0.2) is 4.98 Å². The van der Waals surface area contributed by atoms with E-state index >= 15 is 0 Å². The number of nitrogens with two attached hydrogens (primary N) is 1. The van der Waals surface area contributed by atoms with Gasteiger partial charge in [-0.2, -0.15) is 0 Å². The lowest BCUT2D eigenvalue weighted by Gasteiger charge is -2.03. The van der Waals surface area contributed by atoms with Crippen molar-refractivity contribution in [2.45, 2.75) is 0 Å². The van der Waals surface area contributed by atoms with Crippen molar-refractivity contribution in [3.63, 3.8) is 0 Å². The third-order valence-electron chi connectivity index (χ3n) is 2.56. The van der Waals surface area contributed by atoms with E-state index in [9.17, 15) is 0 Å². The van der Waals surface area contributed by atoms with Gasteiger partial charge in [0.2, 0.25) is 0 Å². The first-order valence-electron chi connectivity index (χ1n) is 5.02. The minimum atomic E-state index is 0.737. The molecule has 3 nitrogen and oxygen atoms in total. The first kappa shape index (κ1) is 8.97. The summed E-state index contributed by atoms with van der Waals surface area (Å²) in [7, 11) is 0. The van der Waals surface area contributed by atoms with Gasteiger partial charge in [0.15, 0.2) is 0 Å². The lowest BCUT2D eigenvalue weighted by Crippen LogP contribution is -1.86. The van der Waals surface area contributed by atoms with Gasteiger partial charge in [-0.3, -0.25) is 4.98 Å². The fourth-order valence-electron chi connectivity index (χ4n) is 1.85. The SMILES string of the molecule is Nc1cc(-c2ccncc2)c2occc2c1. The molecule has 0 aliphatic carbocycles. The molecule has 2 aromatic heterocycles. The lowest BCUT2D eigenvalue weighted by atomic mass is 10.0. The Morgan fingerprint density at radius 1 is 1.06 bits per heavy atom.